The van der Waals surface area contributed by atoms with E-state index < -0.39 is 0 Å². The Morgan fingerprint density at radius 1 is 1.12 bits per heavy atom. The first kappa shape index (κ1) is 23.7. The summed E-state index contributed by atoms with van der Waals surface area (Å²) in [6.45, 7) is 8.01. The topological polar surface area (TPSA) is 94.7 Å². The summed E-state index contributed by atoms with van der Waals surface area (Å²) in [5.74, 6) is 3.23. The van der Waals surface area contributed by atoms with Gasteiger partial charge in [0.2, 0.25) is 0 Å². The minimum absolute atomic E-state index is 0.0176. The van der Waals surface area contributed by atoms with Crippen LogP contribution < -0.4 is 25.8 Å². The molecule has 9 heteroatoms. The molecule has 176 valence electrons. The molecule has 2 aromatic rings. The maximum atomic E-state index is 12.4. The summed E-state index contributed by atoms with van der Waals surface area (Å²) in [5, 5.41) is 11.1. The smallest absolute Gasteiger partial charge is 0.345 e. The Morgan fingerprint density at radius 2 is 1.91 bits per heavy atom. The van der Waals surface area contributed by atoms with Crippen LogP contribution in [0.3, 0.4) is 0 Å². The van der Waals surface area contributed by atoms with E-state index in [1.54, 1.807) is 11.7 Å². The first-order valence-corrected chi connectivity index (χ1v) is 11.7. The lowest BCUT2D eigenvalue weighted by Crippen LogP contribution is -2.39. The van der Waals surface area contributed by atoms with Crippen molar-refractivity contribution in [1.29, 1.82) is 0 Å². The number of nitrogens with one attached hydrogen (secondary N) is 2. The van der Waals surface area contributed by atoms with Crippen LogP contribution in [0, 0.1) is 0 Å². The second-order valence-electron chi connectivity index (χ2n) is 7.71. The largest absolute Gasteiger partial charge is 0.490 e. The number of hydrogen-bond acceptors (Lipinski definition) is 5. The van der Waals surface area contributed by atoms with Gasteiger partial charge >= 0.3 is 5.69 Å². The molecule has 3 rings (SSSR count). The van der Waals surface area contributed by atoms with Crippen LogP contribution in [0.1, 0.15) is 44.5 Å². The standard InChI is InChI=1S/C23H36N6O3/c1-4-31-19-11-10-18(17-20(19)32-5-2)12-14-26-22(24-3)25-13-8-16-29-23(30)28-15-7-6-9-21(28)27-29/h10-11,17H,4-9,12-16H2,1-3H3,(H2,24,25,26). The zero-order valence-electron chi connectivity index (χ0n) is 19.5. The van der Waals surface area contributed by atoms with Crippen LogP contribution in [0.4, 0.5) is 0 Å². The van der Waals surface area contributed by atoms with Crippen LogP contribution in [0.15, 0.2) is 28.0 Å². The fourth-order valence-corrected chi connectivity index (χ4v) is 3.83. The van der Waals surface area contributed by atoms with E-state index in [0.29, 0.717) is 26.3 Å². The molecule has 0 saturated heterocycles. The Hall–Kier alpha value is -2.97. The number of aromatic nitrogens is 3. The first-order valence-electron chi connectivity index (χ1n) is 11.7. The summed E-state index contributed by atoms with van der Waals surface area (Å²) in [5.41, 5.74) is 1.19. The number of aryl methyl sites for hydroxylation is 2. The molecule has 0 fully saturated rings. The van der Waals surface area contributed by atoms with Crippen LogP contribution in [-0.4, -0.2) is 53.7 Å². The Balaban J connectivity index is 1.41. The zero-order chi connectivity index (χ0) is 22.8. The molecule has 1 aliphatic heterocycles. The highest BCUT2D eigenvalue weighted by molar-refractivity contribution is 5.79. The van der Waals surface area contributed by atoms with Crippen molar-refractivity contribution in [2.75, 3.05) is 33.4 Å². The molecule has 0 spiro atoms. The predicted molar refractivity (Wildman–Crippen MR) is 126 cm³/mol. The number of benzene rings is 1. The van der Waals surface area contributed by atoms with E-state index in [1.807, 2.05) is 30.5 Å². The fraction of sp³-hybridized carbons (Fsp3) is 0.609. The van der Waals surface area contributed by atoms with Crippen molar-refractivity contribution < 1.29 is 9.47 Å². The minimum atomic E-state index is 0.0176. The van der Waals surface area contributed by atoms with Gasteiger partial charge in [0.1, 0.15) is 5.82 Å². The summed E-state index contributed by atoms with van der Waals surface area (Å²) in [4.78, 5) is 16.7. The highest BCUT2D eigenvalue weighted by Gasteiger charge is 2.16. The molecule has 32 heavy (non-hydrogen) atoms. The first-order chi connectivity index (χ1) is 15.7. The molecule has 0 atom stereocenters. The molecule has 9 nitrogen and oxygen atoms in total. The van der Waals surface area contributed by atoms with Gasteiger partial charge < -0.3 is 20.1 Å². The molecular formula is C23H36N6O3. The van der Waals surface area contributed by atoms with Crippen molar-refractivity contribution >= 4 is 5.96 Å². The average molecular weight is 445 g/mol. The molecule has 0 saturated carbocycles. The van der Waals surface area contributed by atoms with Crippen molar-refractivity contribution in [2.24, 2.45) is 4.99 Å². The number of ether oxygens (including phenoxy) is 2. The van der Waals surface area contributed by atoms with E-state index in [0.717, 1.165) is 68.5 Å². The molecule has 0 unspecified atom stereocenters. The number of rotatable bonds is 11. The highest BCUT2D eigenvalue weighted by atomic mass is 16.5. The third-order valence-electron chi connectivity index (χ3n) is 5.41. The molecule has 1 aliphatic rings. The maximum Gasteiger partial charge on any atom is 0.345 e. The van der Waals surface area contributed by atoms with Crippen LogP contribution in [-0.2, 0) is 25.9 Å². The monoisotopic (exact) mass is 444 g/mol. The van der Waals surface area contributed by atoms with Crippen molar-refractivity contribution in [2.45, 2.75) is 59.0 Å². The molecule has 1 aromatic heterocycles. The van der Waals surface area contributed by atoms with Gasteiger partial charge in [-0.05, 0) is 57.2 Å². The molecule has 0 amide bonds. The van der Waals surface area contributed by atoms with E-state index in [2.05, 4.69) is 26.8 Å². The fourth-order valence-electron chi connectivity index (χ4n) is 3.83. The summed E-state index contributed by atoms with van der Waals surface area (Å²) in [6.07, 6.45) is 4.71. The van der Waals surface area contributed by atoms with Gasteiger partial charge in [0.05, 0.1) is 13.2 Å². The lowest BCUT2D eigenvalue weighted by molar-refractivity contribution is 0.287. The second-order valence-corrected chi connectivity index (χ2v) is 7.71. The second kappa shape index (κ2) is 12.2. The summed E-state index contributed by atoms with van der Waals surface area (Å²) in [7, 11) is 1.76. The van der Waals surface area contributed by atoms with Crippen LogP contribution >= 0.6 is 0 Å². The molecule has 1 aromatic carbocycles. The van der Waals surface area contributed by atoms with Crippen LogP contribution in [0.2, 0.25) is 0 Å². The van der Waals surface area contributed by atoms with Crippen LogP contribution in [0.5, 0.6) is 11.5 Å². The van der Waals surface area contributed by atoms with E-state index in [1.165, 1.54) is 5.56 Å². The Kier molecular flexibility index (Phi) is 9.01. The predicted octanol–water partition coefficient (Wildman–Crippen LogP) is 1.98. The Labute approximate surface area is 189 Å². The number of hydrogen-bond donors (Lipinski definition) is 2. The Bertz CT molecular complexity index is 950. The number of fused-ring (bicyclic) bond motifs is 1. The normalized spacial score (nSPS) is 13.5. The van der Waals surface area contributed by atoms with Gasteiger partial charge in [0.15, 0.2) is 17.5 Å². The van der Waals surface area contributed by atoms with Gasteiger partial charge in [0.25, 0.3) is 0 Å². The SMILES string of the molecule is CCOc1ccc(CCNC(=NC)NCCCn2nc3n(c2=O)CCCC3)cc1OCC. The van der Waals surface area contributed by atoms with Gasteiger partial charge in [-0.3, -0.25) is 9.56 Å². The summed E-state index contributed by atoms with van der Waals surface area (Å²) in [6, 6.07) is 6.06. The Morgan fingerprint density at radius 3 is 2.66 bits per heavy atom. The quantitative estimate of drug-likeness (QED) is 0.313. The van der Waals surface area contributed by atoms with Gasteiger partial charge in [0, 0.05) is 39.6 Å². The van der Waals surface area contributed by atoms with E-state index in [9.17, 15) is 4.79 Å². The number of guanidine groups is 1. The minimum Gasteiger partial charge on any atom is -0.490 e. The van der Waals surface area contributed by atoms with Crippen molar-refractivity contribution in [3.8, 4) is 11.5 Å². The number of nitrogens with zero attached hydrogens (tertiary/aromatic N) is 4. The number of aliphatic imine (C=N–C) groups is 1. The molecule has 0 bridgehead atoms. The maximum absolute atomic E-state index is 12.4. The molecule has 0 radical (unpaired) electrons. The third-order valence-corrected chi connectivity index (χ3v) is 5.41. The van der Waals surface area contributed by atoms with Gasteiger partial charge in [-0.15, -0.1) is 0 Å². The van der Waals surface area contributed by atoms with Gasteiger partial charge in [-0.1, -0.05) is 6.07 Å². The third kappa shape index (κ3) is 6.27. The molecular weight excluding hydrogens is 408 g/mol. The van der Waals surface area contributed by atoms with Gasteiger partial charge in [-0.25, -0.2) is 9.48 Å². The lowest BCUT2D eigenvalue weighted by Gasteiger charge is -2.14. The van der Waals surface area contributed by atoms with E-state index in [4.69, 9.17) is 9.47 Å². The van der Waals surface area contributed by atoms with Gasteiger partial charge in [-0.2, -0.15) is 5.10 Å². The molecule has 2 N–H and O–H groups in total. The summed E-state index contributed by atoms with van der Waals surface area (Å²) < 4.78 is 14.7. The van der Waals surface area contributed by atoms with E-state index >= 15 is 0 Å². The molecule has 2 heterocycles. The lowest BCUT2D eigenvalue weighted by atomic mass is 10.1. The summed E-state index contributed by atoms with van der Waals surface area (Å²) >= 11 is 0. The van der Waals surface area contributed by atoms with Crippen molar-refractivity contribution in [3.63, 3.8) is 0 Å². The molecule has 0 aliphatic carbocycles. The highest BCUT2D eigenvalue weighted by Crippen LogP contribution is 2.28. The zero-order valence-corrected chi connectivity index (χ0v) is 19.5. The average Bonchev–Trinajstić information content (AvgIpc) is 3.13. The van der Waals surface area contributed by atoms with Crippen molar-refractivity contribution in [1.82, 2.24) is 25.0 Å². The van der Waals surface area contributed by atoms with E-state index in [-0.39, 0.29) is 5.69 Å². The van der Waals surface area contributed by atoms with Crippen molar-refractivity contribution in [3.05, 3.63) is 40.1 Å². The van der Waals surface area contributed by atoms with Crippen LogP contribution in [0.25, 0.3) is 0 Å².